The summed E-state index contributed by atoms with van der Waals surface area (Å²) in [5.74, 6) is 1.06. The van der Waals surface area contributed by atoms with Gasteiger partial charge in [-0.15, -0.1) is 0 Å². The average molecular weight is 357 g/mol. The molecule has 6 heteroatoms. The molecule has 0 bridgehead atoms. The lowest BCUT2D eigenvalue weighted by molar-refractivity contribution is 0.373. The van der Waals surface area contributed by atoms with Gasteiger partial charge in [0.1, 0.15) is 5.75 Å². The van der Waals surface area contributed by atoms with Crippen LogP contribution in [0.1, 0.15) is 32.1 Å². The highest BCUT2D eigenvalue weighted by atomic mass is 32.1. The number of hydrogen-bond donors (Lipinski definition) is 1. The van der Waals surface area contributed by atoms with Gasteiger partial charge in [0.2, 0.25) is 0 Å². The number of pyridine rings is 1. The first-order chi connectivity index (χ1) is 12.3. The molecule has 0 unspecified atom stereocenters. The van der Waals surface area contributed by atoms with E-state index in [2.05, 4.69) is 15.3 Å². The minimum atomic E-state index is -0.471. The molecule has 2 aromatic heterocycles. The standard InChI is InChI=1S/C19H20FN3OS/c20-15-12-21-9-8-17(15)24-14-6-7-16-18(10-14)25-19(23-16)22-11-13-4-2-1-3-5-13/h6-10,12-13H,1-5,11H2,(H,22,23). The number of halogens is 1. The number of benzene rings is 1. The van der Waals surface area contributed by atoms with Crippen molar-refractivity contribution in [2.45, 2.75) is 32.1 Å². The minimum absolute atomic E-state index is 0.175. The Bertz CT molecular complexity index is 861. The summed E-state index contributed by atoms with van der Waals surface area (Å²) in [5, 5.41) is 4.42. The van der Waals surface area contributed by atoms with Crippen LogP contribution in [0, 0.1) is 11.7 Å². The molecule has 0 atom stereocenters. The highest BCUT2D eigenvalue weighted by molar-refractivity contribution is 7.22. The molecule has 130 valence electrons. The summed E-state index contributed by atoms with van der Waals surface area (Å²) >= 11 is 1.61. The fraction of sp³-hybridized carbons (Fsp3) is 0.368. The number of ether oxygens (including phenoxy) is 1. The summed E-state index contributed by atoms with van der Waals surface area (Å²) in [6, 6.07) is 7.14. The lowest BCUT2D eigenvalue weighted by Crippen LogP contribution is -2.16. The summed E-state index contributed by atoms with van der Waals surface area (Å²) in [6.45, 7) is 0.991. The third-order valence-electron chi connectivity index (χ3n) is 4.59. The molecule has 25 heavy (non-hydrogen) atoms. The zero-order valence-electron chi connectivity index (χ0n) is 13.9. The van der Waals surface area contributed by atoms with Crippen LogP contribution in [0.25, 0.3) is 10.2 Å². The summed E-state index contributed by atoms with van der Waals surface area (Å²) in [4.78, 5) is 8.36. The second-order valence-corrected chi connectivity index (χ2v) is 7.47. The normalized spacial score (nSPS) is 15.4. The first-order valence-corrected chi connectivity index (χ1v) is 9.51. The van der Waals surface area contributed by atoms with Crippen molar-refractivity contribution in [1.82, 2.24) is 9.97 Å². The van der Waals surface area contributed by atoms with E-state index < -0.39 is 5.82 Å². The van der Waals surface area contributed by atoms with Crippen LogP contribution < -0.4 is 10.1 Å². The molecule has 4 nitrogen and oxygen atoms in total. The maximum atomic E-state index is 13.7. The van der Waals surface area contributed by atoms with E-state index in [0.717, 1.165) is 34.0 Å². The van der Waals surface area contributed by atoms with E-state index in [-0.39, 0.29) is 5.75 Å². The molecule has 0 spiro atoms. The Morgan fingerprint density at radius 1 is 1.20 bits per heavy atom. The predicted molar refractivity (Wildman–Crippen MR) is 99.0 cm³/mol. The van der Waals surface area contributed by atoms with Crippen LogP contribution in [0.3, 0.4) is 0 Å². The molecular weight excluding hydrogens is 337 g/mol. The van der Waals surface area contributed by atoms with Crippen molar-refractivity contribution in [2.24, 2.45) is 5.92 Å². The number of nitrogens with zero attached hydrogens (tertiary/aromatic N) is 2. The Hall–Kier alpha value is -2.21. The van der Waals surface area contributed by atoms with E-state index >= 15 is 0 Å². The molecule has 3 aromatic rings. The molecule has 0 saturated heterocycles. The highest BCUT2D eigenvalue weighted by Crippen LogP contribution is 2.32. The molecule has 0 aliphatic heterocycles. The Morgan fingerprint density at radius 2 is 2.08 bits per heavy atom. The molecule has 0 amide bonds. The third-order valence-corrected chi connectivity index (χ3v) is 5.57. The van der Waals surface area contributed by atoms with Crippen LogP contribution in [0.2, 0.25) is 0 Å². The van der Waals surface area contributed by atoms with E-state index in [1.807, 2.05) is 18.2 Å². The van der Waals surface area contributed by atoms with Gasteiger partial charge < -0.3 is 10.1 Å². The quantitative estimate of drug-likeness (QED) is 0.644. The van der Waals surface area contributed by atoms with Gasteiger partial charge in [0.15, 0.2) is 16.7 Å². The fourth-order valence-electron chi connectivity index (χ4n) is 3.24. The molecule has 1 fully saturated rings. The van der Waals surface area contributed by atoms with E-state index in [1.54, 1.807) is 11.3 Å². The number of anilines is 1. The fourth-order valence-corrected chi connectivity index (χ4v) is 4.14. The maximum Gasteiger partial charge on any atom is 0.183 e. The maximum absolute atomic E-state index is 13.7. The number of rotatable bonds is 5. The number of fused-ring (bicyclic) bond motifs is 1. The highest BCUT2D eigenvalue weighted by Gasteiger charge is 2.14. The Labute approximate surface area is 150 Å². The number of aromatic nitrogens is 2. The van der Waals surface area contributed by atoms with E-state index in [0.29, 0.717) is 5.75 Å². The van der Waals surface area contributed by atoms with Crippen LogP contribution in [0.4, 0.5) is 9.52 Å². The van der Waals surface area contributed by atoms with Crippen LogP contribution in [-0.2, 0) is 0 Å². The van der Waals surface area contributed by atoms with Gasteiger partial charge in [-0.3, -0.25) is 4.98 Å². The zero-order chi connectivity index (χ0) is 17.1. The van der Waals surface area contributed by atoms with Crippen molar-refractivity contribution in [3.05, 3.63) is 42.5 Å². The monoisotopic (exact) mass is 357 g/mol. The Kier molecular flexibility index (Phi) is 4.78. The van der Waals surface area contributed by atoms with E-state index in [4.69, 9.17) is 4.74 Å². The lowest BCUT2D eigenvalue weighted by atomic mass is 9.89. The van der Waals surface area contributed by atoms with Crippen molar-refractivity contribution in [1.29, 1.82) is 0 Å². The van der Waals surface area contributed by atoms with Gasteiger partial charge >= 0.3 is 0 Å². The second-order valence-electron chi connectivity index (χ2n) is 6.44. The predicted octanol–water partition coefficient (Wildman–Crippen LogP) is 5.61. The smallest absolute Gasteiger partial charge is 0.183 e. The van der Waals surface area contributed by atoms with Gasteiger partial charge in [0, 0.05) is 24.9 Å². The Balaban J connectivity index is 1.46. The third kappa shape index (κ3) is 3.90. The van der Waals surface area contributed by atoms with Gasteiger partial charge in [-0.2, -0.15) is 0 Å². The van der Waals surface area contributed by atoms with Gasteiger partial charge in [-0.05, 0) is 30.9 Å². The van der Waals surface area contributed by atoms with Crippen LogP contribution >= 0.6 is 11.3 Å². The first-order valence-electron chi connectivity index (χ1n) is 8.70. The second kappa shape index (κ2) is 7.35. The molecule has 1 aliphatic rings. The summed E-state index contributed by atoms with van der Waals surface area (Å²) < 4.78 is 20.3. The molecule has 2 heterocycles. The van der Waals surface area contributed by atoms with Crippen molar-refractivity contribution < 1.29 is 9.13 Å². The van der Waals surface area contributed by atoms with Gasteiger partial charge in [0.05, 0.1) is 16.4 Å². The summed E-state index contributed by atoms with van der Waals surface area (Å²) in [5.41, 5.74) is 0.929. The van der Waals surface area contributed by atoms with Crippen molar-refractivity contribution >= 4 is 26.7 Å². The number of nitrogens with one attached hydrogen (secondary N) is 1. The van der Waals surface area contributed by atoms with Crippen LogP contribution in [0.5, 0.6) is 11.5 Å². The first kappa shape index (κ1) is 16.3. The SMILES string of the molecule is Fc1cnccc1Oc1ccc2nc(NCC3CCCCC3)sc2c1. The minimum Gasteiger partial charge on any atom is -0.454 e. The van der Waals surface area contributed by atoms with Gasteiger partial charge in [0.25, 0.3) is 0 Å². The molecule has 1 saturated carbocycles. The zero-order valence-corrected chi connectivity index (χ0v) is 14.7. The topological polar surface area (TPSA) is 47.0 Å². The molecule has 1 N–H and O–H groups in total. The van der Waals surface area contributed by atoms with Crippen LogP contribution in [-0.4, -0.2) is 16.5 Å². The molecule has 1 aromatic carbocycles. The van der Waals surface area contributed by atoms with E-state index in [1.165, 1.54) is 44.4 Å². The van der Waals surface area contributed by atoms with Crippen LogP contribution in [0.15, 0.2) is 36.7 Å². The number of thiazole rings is 1. The van der Waals surface area contributed by atoms with E-state index in [9.17, 15) is 4.39 Å². The number of hydrogen-bond acceptors (Lipinski definition) is 5. The van der Waals surface area contributed by atoms with Crippen molar-refractivity contribution in [3.8, 4) is 11.5 Å². The summed E-state index contributed by atoms with van der Waals surface area (Å²) in [6.07, 6.45) is 9.35. The van der Waals surface area contributed by atoms with Gasteiger partial charge in [-0.1, -0.05) is 30.6 Å². The van der Waals surface area contributed by atoms with Gasteiger partial charge in [-0.25, -0.2) is 9.37 Å². The molecular formula is C19H20FN3OS. The van der Waals surface area contributed by atoms with Crippen molar-refractivity contribution in [3.63, 3.8) is 0 Å². The lowest BCUT2D eigenvalue weighted by Gasteiger charge is -2.21. The average Bonchev–Trinajstić information content (AvgIpc) is 3.05. The largest absolute Gasteiger partial charge is 0.454 e. The molecule has 0 radical (unpaired) electrons. The summed E-state index contributed by atoms with van der Waals surface area (Å²) in [7, 11) is 0. The molecule has 1 aliphatic carbocycles. The molecule has 4 rings (SSSR count). The van der Waals surface area contributed by atoms with Crippen molar-refractivity contribution in [2.75, 3.05) is 11.9 Å². The Morgan fingerprint density at radius 3 is 2.92 bits per heavy atom.